The first-order valence-corrected chi connectivity index (χ1v) is 16.1. The van der Waals surface area contributed by atoms with E-state index in [1.165, 1.54) is 4.31 Å². The van der Waals surface area contributed by atoms with Crippen LogP contribution < -0.4 is 18.9 Å². The van der Waals surface area contributed by atoms with E-state index in [1.54, 1.807) is 13.0 Å². The largest absolute Gasteiger partial charge is 1.00 e. The second kappa shape index (κ2) is 16.6. The molecule has 2 saturated carbocycles. The molecule has 1 unspecified atom stereocenters. The number of sulfonamides is 1. The minimum absolute atomic E-state index is 0. The Labute approximate surface area is 260 Å². The summed E-state index contributed by atoms with van der Waals surface area (Å²) in [4.78, 5) is 24.0. The molecule has 2 N–H and O–H groups in total. The maximum Gasteiger partial charge on any atom is 1.00 e. The molecule has 1 aliphatic heterocycles. The zero-order valence-corrected chi connectivity index (χ0v) is 27.1. The van der Waals surface area contributed by atoms with Crippen LogP contribution in [0.25, 0.3) is 0 Å². The minimum Gasteiger partial charge on any atom is -0.870 e. The number of carbonyl (C=O) groups excluding carboxylic acids is 1. The van der Waals surface area contributed by atoms with E-state index in [9.17, 15) is 18.0 Å². The third kappa shape index (κ3) is 8.27. The predicted octanol–water partition coefficient (Wildman–Crippen LogP) is 2.27. The topological polar surface area (TPSA) is 140 Å². The van der Waals surface area contributed by atoms with E-state index in [1.807, 2.05) is 26.8 Å². The van der Waals surface area contributed by atoms with Crippen molar-refractivity contribution in [1.29, 1.82) is 0 Å². The fourth-order valence-corrected chi connectivity index (χ4v) is 9.66. The first-order valence-electron chi connectivity index (χ1n) is 14.5. The van der Waals surface area contributed by atoms with Crippen LogP contribution in [0.3, 0.4) is 0 Å². The van der Waals surface area contributed by atoms with Crippen molar-refractivity contribution >= 4 is 21.9 Å². The summed E-state index contributed by atoms with van der Waals surface area (Å²) in [6.07, 6.45) is 8.88. The molecule has 3 fully saturated rings. The molecule has 9 nitrogen and oxygen atoms in total. The summed E-state index contributed by atoms with van der Waals surface area (Å²) in [6.45, 7) is 20.0. The molecule has 11 heteroatoms. The number of ether oxygens (including phenoxy) is 2. The summed E-state index contributed by atoms with van der Waals surface area (Å²) in [5.74, 6) is -1.36. The van der Waals surface area contributed by atoms with Crippen LogP contribution in [0.5, 0.6) is 0 Å². The number of hydrogen-bond acceptors (Lipinski definition) is 7. The maximum absolute atomic E-state index is 13.3. The summed E-state index contributed by atoms with van der Waals surface area (Å²) in [5, 5.41) is 8.77. The summed E-state index contributed by atoms with van der Waals surface area (Å²) in [7, 11) is -3.57. The van der Waals surface area contributed by atoms with E-state index in [4.69, 9.17) is 14.6 Å². The smallest absolute Gasteiger partial charge is 0.870 e. The number of amides is 1. The summed E-state index contributed by atoms with van der Waals surface area (Å²) < 4.78 is 38.5. The average Bonchev–Trinajstić information content (AvgIpc) is 3.36. The Morgan fingerprint density at radius 3 is 1.93 bits per heavy atom. The van der Waals surface area contributed by atoms with Crippen molar-refractivity contribution in [2.75, 3.05) is 19.0 Å². The molecule has 1 saturated heterocycles. The van der Waals surface area contributed by atoms with Crippen LogP contribution >= 0.6 is 0 Å². The van der Waals surface area contributed by atoms with Crippen molar-refractivity contribution in [1.82, 2.24) is 4.31 Å². The number of aliphatic carboxylic acids is 1. The maximum atomic E-state index is 13.3. The van der Waals surface area contributed by atoms with Crippen LogP contribution in [0.1, 0.15) is 86.5 Å². The number of rotatable bonds is 14. The first-order chi connectivity index (χ1) is 18.2. The van der Waals surface area contributed by atoms with Gasteiger partial charge in [-0.2, -0.15) is 0 Å². The number of fused-ring (bicyclic) bond motifs is 1. The number of carboxylic acids is 1. The van der Waals surface area contributed by atoms with E-state index in [0.29, 0.717) is 25.6 Å². The summed E-state index contributed by atoms with van der Waals surface area (Å²) >= 11 is 0. The van der Waals surface area contributed by atoms with E-state index in [-0.39, 0.29) is 65.1 Å². The van der Waals surface area contributed by atoms with Crippen molar-refractivity contribution in [3.05, 3.63) is 25.3 Å². The Balaban J connectivity index is 0.000000918. The number of nitrogens with zero attached hydrogens (tertiary/aromatic N) is 1. The van der Waals surface area contributed by atoms with Gasteiger partial charge in [0, 0.05) is 18.6 Å². The van der Waals surface area contributed by atoms with Crippen LogP contribution in [0.4, 0.5) is 0 Å². The Bertz CT molecular complexity index is 987. The van der Waals surface area contributed by atoms with E-state index < -0.39 is 27.8 Å². The van der Waals surface area contributed by atoms with Gasteiger partial charge in [0.2, 0.25) is 15.9 Å². The molecule has 2 bridgehead atoms. The molecule has 232 valence electrons. The molecule has 2 aliphatic carbocycles. The Morgan fingerprint density at radius 1 is 1.02 bits per heavy atom. The zero-order valence-electron chi connectivity index (χ0n) is 26.3. The average molecular weight is 594 g/mol. The summed E-state index contributed by atoms with van der Waals surface area (Å²) in [6, 6.07) is -0.169. The van der Waals surface area contributed by atoms with E-state index >= 15 is 0 Å². The van der Waals surface area contributed by atoms with E-state index in [0.717, 1.165) is 38.5 Å². The Hall–Kier alpha value is -1.15. The molecule has 0 radical (unpaired) electrons. The van der Waals surface area contributed by atoms with Crippen LogP contribution in [0, 0.1) is 28.6 Å². The Kier molecular flexibility index (Phi) is 16.2. The molecule has 1 spiro atoms. The molecule has 3 aliphatic rings. The van der Waals surface area contributed by atoms with Gasteiger partial charge in [0.05, 0.1) is 35.8 Å². The number of carbonyl (C=O) groups is 2. The third-order valence-electron chi connectivity index (χ3n) is 9.59. The number of allylic oxidation sites excluding steroid dienone is 2. The molecule has 7 atom stereocenters. The van der Waals surface area contributed by atoms with Gasteiger partial charge in [-0.25, -0.2) is 12.7 Å². The van der Waals surface area contributed by atoms with Crippen molar-refractivity contribution in [2.45, 2.75) is 105 Å². The quantitative estimate of drug-likeness (QED) is 0.239. The van der Waals surface area contributed by atoms with Crippen LogP contribution in [-0.2, 0) is 29.1 Å². The number of carboxylic acid groups (broad SMARTS) is 1. The number of hydrogen-bond donors (Lipinski definition) is 1. The molecular weight excluding hydrogens is 541 g/mol. The van der Waals surface area contributed by atoms with Crippen molar-refractivity contribution in [3.8, 4) is 0 Å². The fourth-order valence-electron chi connectivity index (χ4n) is 7.05. The van der Waals surface area contributed by atoms with Gasteiger partial charge in [-0.3, -0.25) is 9.59 Å². The second-order valence-electron chi connectivity index (χ2n) is 11.9. The predicted molar refractivity (Wildman–Crippen MR) is 156 cm³/mol. The second-order valence-corrected chi connectivity index (χ2v) is 13.7. The van der Waals surface area contributed by atoms with Gasteiger partial charge in [-0.1, -0.05) is 32.9 Å². The molecule has 0 aromatic heterocycles. The van der Waals surface area contributed by atoms with Gasteiger partial charge in [-0.05, 0) is 77.0 Å². The van der Waals surface area contributed by atoms with Gasteiger partial charge in [0.1, 0.15) is 0 Å². The normalized spacial score (nSPS) is 27.5. The van der Waals surface area contributed by atoms with Crippen LogP contribution in [0.2, 0.25) is 0 Å². The molecular formula is C30H52LiNO8S. The van der Waals surface area contributed by atoms with Crippen LogP contribution in [0.15, 0.2) is 25.3 Å². The Morgan fingerprint density at radius 2 is 1.51 bits per heavy atom. The molecule has 0 aromatic carbocycles. The SMILES string of the molecule is C=CCC[C@@H](OCC)[C@@H](C)C(=O)N1[C@H]2CC3CC[C@@]2(CS1(=O)=O)C3(C)C.C=CCC[C@@H](OCC)[C@@H](C)C(=O)O.[Li+].[OH-]. The first kappa shape index (κ1) is 39.8. The van der Waals surface area contributed by atoms with Crippen LogP contribution in [-0.4, -0.2) is 72.4 Å². The molecule has 1 heterocycles. The molecule has 41 heavy (non-hydrogen) atoms. The van der Waals surface area contributed by atoms with Gasteiger partial charge in [0.15, 0.2) is 0 Å². The molecule has 3 rings (SSSR count). The van der Waals surface area contributed by atoms with Gasteiger partial charge >= 0.3 is 24.8 Å². The standard InChI is InChI=1S/C20H33NO4S.C10H18O3.Li.H2O/c1-6-8-9-16(25-7-2)14(3)18(22)21-17-12-15-10-11-20(17,19(15,4)5)13-26(21,23)24;1-4-6-7-9(13-5-2)8(3)10(11)12;;/h6,14-17H,1,7-13H2,2-5H3;4,8-9H,1,5-7H2,2-3H3,(H,11,12);;1H2/q;;+1;/p-1/t14-,15?,16-,17+,20+;8-,9-;;/m11../s1. The van der Waals surface area contributed by atoms with Crippen molar-refractivity contribution < 1.29 is 56.9 Å². The fraction of sp³-hybridized carbons (Fsp3) is 0.800. The van der Waals surface area contributed by atoms with Gasteiger partial charge < -0.3 is 20.1 Å². The molecule has 0 aromatic rings. The monoisotopic (exact) mass is 593 g/mol. The van der Waals surface area contributed by atoms with E-state index in [2.05, 4.69) is 27.0 Å². The zero-order chi connectivity index (χ0) is 29.6. The minimum atomic E-state index is -3.57. The van der Waals surface area contributed by atoms with Gasteiger partial charge in [0.25, 0.3) is 0 Å². The van der Waals surface area contributed by atoms with Crippen molar-refractivity contribution in [2.24, 2.45) is 28.6 Å². The third-order valence-corrected chi connectivity index (χ3v) is 11.5. The summed E-state index contributed by atoms with van der Waals surface area (Å²) in [5.41, 5.74) is -0.292. The van der Waals surface area contributed by atoms with Gasteiger partial charge in [-0.15, -0.1) is 13.2 Å². The molecule has 1 amide bonds. The van der Waals surface area contributed by atoms with Crippen molar-refractivity contribution in [3.63, 3.8) is 0 Å².